The average Bonchev–Trinajstić information content (AvgIpc) is 2.41. The molecule has 0 atom stereocenters. The highest BCUT2D eigenvalue weighted by Gasteiger charge is 2.03. The van der Waals surface area contributed by atoms with Crippen molar-refractivity contribution in [2.45, 2.75) is 19.9 Å². The predicted molar refractivity (Wildman–Crippen MR) is 73.6 cm³/mol. The Bertz CT molecular complexity index is 463. The van der Waals surface area contributed by atoms with Gasteiger partial charge in [-0.1, -0.05) is 30.9 Å². The highest BCUT2D eigenvalue weighted by Crippen LogP contribution is 2.08. The van der Waals surface area contributed by atoms with Crippen LogP contribution >= 0.6 is 0 Å². The van der Waals surface area contributed by atoms with Crippen molar-refractivity contribution in [2.75, 3.05) is 19.6 Å². The number of hydrogen-bond acceptors (Lipinski definition) is 3. The van der Waals surface area contributed by atoms with Crippen molar-refractivity contribution in [3.63, 3.8) is 0 Å². The summed E-state index contributed by atoms with van der Waals surface area (Å²) in [6.07, 6.45) is 0.570. The fraction of sp³-hybridized carbons (Fsp3) is 0.400. The standard InChI is InChI=1S/C15H19N3/c1-2-18(11-5-10-17)13-15-7-3-6-14(12-15)8-4-9-16/h3,6-7,12H,2,5,9,11,13,16H2,1H3. The first kappa shape index (κ1) is 14.3. The monoisotopic (exact) mass is 241 g/mol. The van der Waals surface area contributed by atoms with Gasteiger partial charge in [0.15, 0.2) is 0 Å². The Labute approximate surface area is 109 Å². The van der Waals surface area contributed by atoms with Crippen molar-refractivity contribution in [1.82, 2.24) is 4.90 Å². The number of hydrogen-bond donors (Lipinski definition) is 1. The lowest BCUT2D eigenvalue weighted by molar-refractivity contribution is 0.287. The Morgan fingerprint density at radius 1 is 1.39 bits per heavy atom. The van der Waals surface area contributed by atoms with Gasteiger partial charge >= 0.3 is 0 Å². The first-order chi connectivity index (χ1) is 8.80. The van der Waals surface area contributed by atoms with Crippen LogP contribution in [0.15, 0.2) is 24.3 Å². The van der Waals surface area contributed by atoms with E-state index in [0.717, 1.165) is 25.2 Å². The van der Waals surface area contributed by atoms with Crippen LogP contribution in [-0.4, -0.2) is 24.5 Å². The van der Waals surface area contributed by atoms with Crippen molar-refractivity contribution in [3.8, 4) is 17.9 Å². The summed E-state index contributed by atoms with van der Waals surface area (Å²) in [5.74, 6) is 5.89. The normalized spacial score (nSPS) is 9.67. The summed E-state index contributed by atoms with van der Waals surface area (Å²) >= 11 is 0. The number of nitrogens with two attached hydrogens (primary N) is 1. The highest BCUT2D eigenvalue weighted by molar-refractivity contribution is 5.37. The summed E-state index contributed by atoms with van der Waals surface area (Å²) < 4.78 is 0. The van der Waals surface area contributed by atoms with Gasteiger partial charge in [-0.2, -0.15) is 5.26 Å². The van der Waals surface area contributed by atoms with Crippen molar-refractivity contribution >= 4 is 0 Å². The van der Waals surface area contributed by atoms with Crippen molar-refractivity contribution in [3.05, 3.63) is 35.4 Å². The second-order valence-corrected chi connectivity index (χ2v) is 3.98. The molecule has 0 amide bonds. The van der Waals surface area contributed by atoms with E-state index in [1.807, 2.05) is 12.1 Å². The maximum Gasteiger partial charge on any atom is 0.0635 e. The van der Waals surface area contributed by atoms with Gasteiger partial charge in [0.05, 0.1) is 12.6 Å². The van der Waals surface area contributed by atoms with Crippen LogP contribution in [-0.2, 0) is 6.54 Å². The van der Waals surface area contributed by atoms with E-state index >= 15 is 0 Å². The minimum atomic E-state index is 0.382. The number of rotatable bonds is 5. The molecular formula is C15H19N3. The molecule has 0 aliphatic heterocycles. The van der Waals surface area contributed by atoms with Gasteiger partial charge in [-0.05, 0) is 24.2 Å². The maximum absolute atomic E-state index is 8.61. The lowest BCUT2D eigenvalue weighted by Crippen LogP contribution is -2.23. The molecule has 94 valence electrons. The number of nitriles is 1. The van der Waals surface area contributed by atoms with E-state index in [-0.39, 0.29) is 0 Å². The first-order valence-corrected chi connectivity index (χ1v) is 6.17. The quantitative estimate of drug-likeness (QED) is 0.799. The van der Waals surface area contributed by atoms with Crippen molar-refractivity contribution in [1.29, 1.82) is 5.26 Å². The molecule has 3 heteroatoms. The summed E-state index contributed by atoms with van der Waals surface area (Å²) in [5.41, 5.74) is 7.57. The predicted octanol–water partition coefficient (Wildman–Crippen LogP) is 1.73. The molecule has 0 aliphatic carbocycles. The van der Waals surface area contributed by atoms with Gasteiger partial charge in [-0.15, -0.1) is 0 Å². The van der Waals surface area contributed by atoms with Gasteiger partial charge in [0.2, 0.25) is 0 Å². The van der Waals surface area contributed by atoms with Gasteiger partial charge in [-0.3, -0.25) is 4.90 Å². The summed E-state index contributed by atoms with van der Waals surface area (Å²) in [7, 11) is 0. The molecule has 0 unspecified atom stereocenters. The third-order valence-corrected chi connectivity index (χ3v) is 2.65. The zero-order valence-corrected chi connectivity index (χ0v) is 10.8. The Hall–Kier alpha value is -1.81. The topological polar surface area (TPSA) is 53.0 Å². The second kappa shape index (κ2) is 8.31. The molecule has 0 bridgehead atoms. The van der Waals surface area contributed by atoms with Crippen LogP contribution in [0.2, 0.25) is 0 Å². The molecule has 1 rings (SSSR count). The summed E-state index contributed by atoms with van der Waals surface area (Å²) in [6.45, 7) is 5.10. The van der Waals surface area contributed by atoms with Crippen LogP contribution < -0.4 is 5.73 Å². The van der Waals surface area contributed by atoms with E-state index in [0.29, 0.717) is 13.0 Å². The molecule has 0 fully saturated rings. The Balaban J connectivity index is 2.68. The lowest BCUT2D eigenvalue weighted by atomic mass is 10.1. The van der Waals surface area contributed by atoms with Crippen molar-refractivity contribution < 1.29 is 0 Å². The third kappa shape index (κ3) is 5.01. The van der Waals surface area contributed by atoms with E-state index in [1.165, 1.54) is 5.56 Å². The number of nitrogens with zero attached hydrogens (tertiary/aromatic N) is 2. The SMILES string of the molecule is CCN(CCC#N)Cc1cccc(C#CCN)c1. The minimum Gasteiger partial charge on any atom is -0.320 e. The molecule has 0 saturated heterocycles. The number of benzene rings is 1. The second-order valence-electron chi connectivity index (χ2n) is 3.98. The zero-order valence-electron chi connectivity index (χ0n) is 10.8. The molecule has 0 aliphatic rings. The molecule has 1 aromatic carbocycles. The van der Waals surface area contributed by atoms with Crippen LogP contribution in [0.5, 0.6) is 0 Å². The van der Waals surface area contributed by atoms with Crippen LogP contribution in [0.4, 0.5) is 0 Å². The Kier molecular flexibility index (Phi) is 6.58. The van der Waals surface area contributed by atoms with Gasteiger partial charge < -0.3 is 5.73 Å². The van der Waals surface area contributed by atoms with Gasteiger partial charge in [0.1, 0.15) is 0 Å². The van der Waals surface area contributed by atoms with E-state index < -0.39 is 0 Å². The Morgan fingerprint density at radius 2 is 2.22 bits per heavy atom. The van der Waals surface area contributed by atoms with E-state index in [9.17, 15) is 0 Å². The molecule has 3 nitrogen and oxygen atoms in total. The third-order valence-electron chi connectivity index (χ3n) is 2.65. The molecule has 1 aromatic rings. The highest BCUT2D eigenvalue weighted by atomic mass is 15.1. The molecule has 2 N–H and O–H groups in total. The summed E-state index contributed by atoms with van der Waals surface area (Å²) in [4.78, 5) is 2.25. The summed E-state index contributed by atoms with van der Waals surface area (Å²) in [5, 5.41) is 8.61. The molecule has 0 radical (unpaired) electrons. The van der Waals surface area contributed by atoms with Crippen molar-refractivity contribution in [2.24, 2.45) is 5.73 Å². The average molecular weight is 241 g/mol. The maximum atomic E-state index is 8.61. The molecular weight excluding hydrogens is 222 g/mol. The molecule has 18 heavy (non-hydrogen) atoms. The zero-order chi connectivity index (χ0) is 13.2. The van der Waals surface area contributed by atoms with Gasteiger partial charge in [0, 0.05) is 25.1 Å². The van der Waals surface area contributed by atoms with E-state index in [4.69, 9.17) is 11.0 Å². The first-order valence-electron chi connectivity index (χ1n) is 6.17. The molecule has 0 spiro atoms. The molecule has 0 saturated carbocycles. The fourth-order valence-corrected chi connectivity index (χ4v) is 1.72. The summed E-state index contributed by atoms with van der Waals surface area (Å²) in [6, 6.07) is 10.3. The minimum absolute atomic E-state index is 0.382. The lowest BCUT2D eigenvalue weighted by Gasteiger charge is -2.18. The Morgan fingerprint density at radius 3 is 2.89 bits per heavy atom. The fourth-order valence-electron chi connectivity index (χ4n) is 1.72. The largest absolute Gasteiger partial charge is 0.320 e. The van der Waals surface area contributed by atoms with Crippen LogP contribution in [0, 0.1) is 23.2 Å². The molecule has 0 heterocycles. The molecule has 0 aromatic heterocycles. The smallest absolute Gasteiger partial charge is 0.0635 e. The van der Waals surface area contributed by atoms with Gasteiger partial charge in [-0.25, -0.2) is 0 Å². The van der Waals surface area contributed by atoms with E-state index in [1.54, 1.807) is 0 Å². The van der Waals surface area contributed by atoms with Gasteiger partial charge in [0.25, 0.3) is 0 Å². The van der Waals surface area contributed by atoms with E-state index in [2.05, 4.69) is 41.9 Å². The van der Waals surface area contributed by atoms with Crippen LogP contribution in [0.1, 0.15) is 24.5 Å². The van der Waals surface area contributed by atoms with Crippen LogP contribution in [0.3, 0.4) is 0 Å². The van der Waals surface area contributed by atoms with Crippen LogP contribution in [0.25, 0.3) is 0 Å².